The Hall–Kier alpha value is -0.990. The highest BCUT2D eigenvalue weighted by Crippen LogP contribution is 2.35. The van der Waals surface area contributed by atoms with E-state index in [1.807, 2.05) is 0 Å². The third kappa shape index (κ3) is 3.48. The Bertz CT molecular complexity index is 828. The Morgan fingerprint density at radius 2 is 2.16 bits per heavy atom. The first kappa shape index (κ1) is 17.4. The topological polar surface area (TPSA) is 44.1 Å². The molecule has 1 aliphatic carbocycles. The number of nitrogens with zero attached hydrogens (tertiary/aromatic N) is 2. The van der Waals surface area contributed by atoms with Gasteiger partial charge in [-0.3, -0.25) is 9.36 Å². The van der Waals surface area contributed by atoms with E-state index in [9.17, 15) is 13.6 Å². The molecule has 0 N–H and O–H groups in total. The standard InChI is InChI=1S/C17H20F2N2O2S2/c18-13(19)9-24-17-20-15-14(11-5-1-2-6-12(11)25-15)16(22)21(17)8-10-4-3-7-23-10/h10,13H,1-9H2. The van der Waals surface area contributed by atoms with E-state index in [0.717, 1.165) is 55.9 Å². The molecule has 0 amide bonds. The highest BCUT2D eigenvalue weighted by atomic mass is 32.2. The molecule has 1 atom stereocenters. The van der Waals surface area contributed by atoms with Crippen LogP contribution in [0.15, 0.2) is 9.95 Å². The molecule has 0 bridgehead atoms. The maximum absolute atomic E-state index is 13.2. The predicted octanol–water partition coefficient (Wildman–Crippen LogP) is 3.87. The molecule has 1 fully saturated rings. The summed E-state index contributed by atoms with van der Waals surface area (Å²) in [4.78, 5) is 19.7. The lowest BCUT2D eigenvalue weighted by atomic mass is 9.97. The van der Waals surface area contributed by atoms with Crippen LogP contribution < -0.4 is 5.56 Å². The van der Waals surface area contributed by atoms with Gasteiger partial charge in [-0.2, -0.15) is 0 Å². The zero-order valence-electron chi connectivity index (χ0n) is 13.8. The largest absolute Gasteiger partial charge is 0.376 e. The van der Waals surface area contributed by atoms with Gasteiger partial charge in [0.15, 0.2) is 5.16 Å². The van der Waals surface area contributed by atoms with E-state index in [4.69, 9.17) is 4.74 Å². The molecule has 2 aliphatic rings. The van der Waals surface area contributed by atoms with E-state index < -0.39 is 6.43 Å². The molecular weight excluding hydrogens is 366 g/mol. The number of aryl methyl sites for hydroxylation is 2. The van der Waals surface area contributed by atoms with Gasteiger partial charge in [-0.1, -0.05) is 11.8 Å². The molecule has 2 aromatic heterocycles. The number of rotatable bonds is 5. The maximum atomic E-state index is 13.2. The minimum absolute atomic E-state index is 0.0303. The average molecular weight is 386 g/mol. The summed E-state index contributed by atoms with van der Waals surface area (Å²) >= 11 is 2.52. The molecule has 4 rings (SSSR count). The summed E-state index contributed by atoms with van der Waals surface area (Å²) in [5.74, 6) is -0.353. The van der Waals surface area contributed by atoms with Crippen molar-refractivity contribution in [2.45, 2.75) is 62.8 Å². The van der Waals surface area contributed by atoms with Crippen LogP contribution in [0.1, 0.15) is 36.1 Å². The van der Waals surface area contributed by atoms with Gasteiger partial charge in [-0.05, 0) is 44.1 Å². The van der Waals surface area contributed by atoms with Crippen molar-refractivity contribution in [3.63, 3.8) is 0 Å². The molecule has 0 radical (unpaired) electrons. The van der Waals surface area contributed by atoms with Crippen molar-refractivity contribution in [2.75, 3.05) is 12.4 Å². The first-order valence-electron chi connectivity index (χ1n) is 8.71. The Kier molecular flexibility index (Phi) is 5.11. The predicted molar refractivity (Wildman–Crippen MR) is 96.2 cm³/mol. The second kappa shape index (κ2) is 7.32. The molecule has 8 heteroatoms. The number of hydrogen-bond donors (Lipinski definition) is 0. The summed E-state index contributed by atoms with van der Waals surface area (Å²) in [7, 11) is 0. The van der Waals surface area contributed by atoms with Gasteiger partial charge in [0.05, 0.1) is 23.8 Å². The lowest BCUT2D eigenvalue weighted by Crippen LogP contribution is -2.29. The van der Waals surface area contributed by atoms with E-state index in [0.29, 0.717) is 28.5 Å². The molecule has 1 aliphatic heterocycles. The van der Waals surface area contributed by atoms with Crippen molar-refractivity contribution < 1.29 is 13.5 Å². The van der Waals surface area contributed by atoms with Crippen molar-refractivity contribution in [1.29, 1.82) is 0 Å². The Labute approximate surface area is 152 Å². The van der Waals surface area contributed by atoms with E-state index in [1.54, 1.807) is 15.9 Å². The van der Waals surface area contributed by atoms with Gasteiger partial charge >= 0.3 is 0 Å². The molecule has 2 aromatic rings. The van der Waals surface area contributed by atoms with Crippen molar-refractivity contribution >= 4 is 33.3 Å². The highest BCUT2D eigenvalue weighted by Gasteiger charge is 2.25. The second-order valence-corrected chi connectivity index (χ2v) is 8.61. The van der Waals surface area contributed by atoms with Crippen LogP contribution in [0, 0.1) is 0 Å². The summed E-state index contributed by atoms with van der Waals surface area (Å²) in [5.41, 5.74) is 1.05. The number of ether oxygens (including phenoxy) is 1. The SMILES string of the molecule is O=c1c2c3c(sc2nc(SCC(F)F)n1CC1CCCO1)CCCC3. The molecular formula is C17H20F2N2O2S2. The fourth-order valence-corrected chi connectivity index (χ4v) is 5.67. The van der Waals surface area contributed by atoms with Gasteiger partial charge in [0.2, 0.25) is 6.43 Å². The van der Waals surface area contributed by atoms with Crippen LogP contribution in [0.2, 0.25) is 0 Å². The quantitative estimate of drug-likeness (QED) is 0.578. The van der Waals surface area contributed by atoms with Crippen molar-refractivity contribution in [3.05, 3.63) is 20.8 Å². The second-order valence-electron chi connectivity index (χ2n) is 6.54. The van der Waals surface area contributed by atoms with Crippen LogP contribution in [0.25, 0.3) is 10.2 Å². The summed E-state index contributed by atoms with van der Waals surface area (Å²) in [6.07, 6.45) is 3.54. The van der Waals surface area contributed by atoms with Gasteiger partial charge in [0.25, 0.3) is 5.56 Å². The Balaban J connectivity index is 1.80. The fourth-order valence-electron chi connectivity index (χ4n) is 3.62. The van der Waals surface area contributed by atoms with Gasteiger partial charge in [0, 0.05) is 11.5 Å². The normalized spacial score (nSPS) is 20.5. The number of thiophene rings is 1. The highest BCUT2D eigenvalue weighted by molar-refractivity contribution is 7.99. The van der Waals surface area contributed by atoms with Gasteiger partial charge in [-0.15, -0.1) is 11.3 Å². The van der Waals surface area contributed by atoms with Crippen molar-refractivity contribution in [3.8, 4) is 0 Å². The molecule has 25 heavy (non-hydrogen) atoms. The number of aromatic nitrogens is 2. The molecule has 4 nitrogen and oxygen atoms in total. The van der Waals surface area contributed by atoms with E-state index in [1.165, 1.54) is 4.88 Å². The Morgan fingerprint density at radius 1 is 1.32 bits per heavy atom. The number of hydrogen-bond acceptors (Lipinski definition) is 5. The van der Waals surface area contributed by atoms with Crippen LogP contribution in [-0.4, -0.2) is 34.4 Å². The summed E-state index contributed by atoms with van der Waals surface area (Å²) < 4.78 is 32.6. The molecule has 0 spiro atoms. The molecule has 0 aromatic carbocycles. The zero-order valence-corrected chi connectivity index (χ0v) is 15.4. The van der Waals surface area contributed by atoms with Gasteiger partial charge in [0.1, 0.15) is 4.83 Å². The minimum Gasteiger partial charge on any atom is -0.376 e. The fraction of sp³-hybridized carbons (Fsp3) is 0.647. The number of fused-ring (bicyclic) bond motifs is 3. The summed E-state index contributed by atoms with van der Waals surface area (Å²) in [6, 6.07) is 0. The lowest BCUT2D eigenvalue weighted by Gasteiger charge is -2.16. The van der Waals surface area contributed by atoms with Crippen LogP contribution in [0.3, 0.4) is 0 Å². The molecule has 1 saturated heterocycles. The van der Waals surface area contributed by atoms with Crippen LogP contribution in [-0.2, 0) is 24.1 Å². The lowest BCUT2D eigenvalue weighted by molar-refractivity contribution is 0.0937. The third-order valence-electron chi connectivity index (χ3n) is 4.79. The first-order valence-corrected chi connectivity index (χ1v) is 10.5. The minimum atomic E-state index is -2.43. The molecule has 0 saturated carbocycles. The number of halogens is 2. The molecule has 3 heterocycles. The number of alkyl halides is 2. The summed E-state index contributed by atoms with van der Waals surface area (Å²) in [5, 5.41) is 1.10. The molecule has 136 valence electrons. The zero-order chi connectivity index (χ0) is 17.4. The average Bonchev–Trinajstić information content (AvgIpc) is 3.22. The third-order valence-corrected chi connectivity index (χ3v) is 6.96. The Morgan fingerprint density at radius 3 is 2.92 bits per heavy atom. The van der Waals surface area contributed by atoms with Gasteiger partial charge in [-0.25, -0.2) is 13.8 Å². The van der Waals surface area contributed by atoms with Crippen LogP contribution in [0.5, 0.6) is 0 Å². The number of thioether (sulfide) groups is 1. The van der Waals surface area contributed by atoms with Crippen molar-refractivity contribution in [2.24, 2.45) is 0 Å². The summed E-state index contributed by atoms with van der Waals surface area (Å²) in [6.45, 7) is 1.10. The molecule has 1 unspecified atom stereocenters. The van der Waals surface area contributed by atoms with Crippen molar-refractivity contribution in [1.82, 2.24) is 9.55 Å². The van der Waals surface area contributed by atoms with E-state index in [-0.39, 0.29) is 17.4 Å². The van der Waals surface area contributed by atoms with Crippen LogP contribution in [0.4, 0.5) is 8.78 Å². The van der Waals surface area contributed by atoms with E-state index >= 15 is 0 Å². The smallest absolute Gasteiger partial charge is 0.263 e. The maximum Gasteiger partial charge on any atom is 0.263 e. The van der Waals surface area contributed by atoms with Gasteiger partial charge < -0.3 is 4.74 Å². The first-order chi connectivity index (χ1) is 12.1. The van der Waals surface area contributed by atoms with Crippen LogP contribution >= 0.6 is 23.1 Å². The van der Waals surface area contributed by atoms with E-state index in [2.05, 4.69) is 4.98 Å². The monoisotopic (exact) mass is 386 g/mol.